The molecule has 3 heterocycles. The van der Waals surface area contributed by atoms with Crippen molar-refractivity contribution in [1.29, 1.82) is 0 Å². The lowest BCUT2D eigenvalue weighted by molar-refractivity contribution is 0.163. The Bertz CT molecular complexity index is 1080. The topological polar surface area (TPSA) is 75.4 Å². The number of likely N-dealkylation sites (tertiary alicyclic amines) is 1. The van der Waals surface area contributed by atoms with Crippen molar-refractivity contribution in [3.05, 3.63) is 69.8 Å². The summed E-state index contributed by atoms with van der Waals surface area (Å²) >= 11 is 0. The summed E-state index contributed by atoms with van der Waals surface area (Å²) in [5.74, 6) is 0. The molecular formula is C22H23N3O3. The lowest BCUT2D eigenvalue weighted by atomic mass is 9.97. The van der Waals surface area contributed by atoms with Crippen LogP contribution in [0.25, 0.3) is 11.0 Å². The Morgan fingerprint density at radius 2 is 2.07 bits per heavy atom. The number of benzene rings is 1. The third-order valence-electron chi connectivity index (χ3n) is 5.37. The molecule has 0 radical (unpaired) electrons. The van der Waals surface area contributed by atoms with E-state index < -0.39 is 0 Å². The summed E-state index contributed by atoms with van der Waals surface area (Å²) in [5, 5.41) is 3.88. The molecule has 1 aliphatic heterocycles. The van der Waals surface area contributed by atoms with E-state index in [1.807, 2.05) is 43.1 Å². The second-order valence-electron chi connectivity index (χ2n) is 7.33. The van der Waals surface area contributed by atoms with Crippen molar-refractivity contribution in [1.82, 2.24) is 9.88 Å². The van der Waals surface area contributed by atoms with Crippen LogP contribution in [0.4, 0.5) is 10.5 Å². The van der Waals surface area contributed by atoms with E-state index in [1.165, 1.54) is 6.07 Å². The number of carbonyl (C=O) groups is 1. The fraction of sp³-hybridized carbons (Fsp3) is 0.318. The molecule has 0 saturated carbocycles. The van der Waals surface area contributed by atoms with Gasteiger partial charge in [-0.25, -0.2) is 9.59 Å². The van der Waals surface area contributed by atoms with Gasteiger partial charge in [0.2, 0.25) is 0 Å². The van der Waals surface area contributed by atoms with Crippen LogP contribution in [0.15, 0.2) is 51.9 Å². The average Bonchev–Trinajstić information content (AvgIpc) is 2.69. The maximum absolute atomic E-state index is 13.1. The fourth-order valence-electron chi connectivity index (χ4n) is 3.88. The van der Waals surface area contributed by atoms with Crippen LogP contribution < -0.4 is 10.9 Å². The van der Waals surface area contributed by atoms with Crippen LogP contribution in [-0.2, 0) is 0 Å². The Hall–Kier alpha value is -3.15. The average molecular weight is 377 g/mol. The maximum Gasteiger partial charge on any atom is 0.336 e. The van der Waals surface area contributed by atoms with Crippen molar-refractivity contribution in [2.75, 3.05) is 11.9 Å². The highest BCUT2D eigenvalue weighted by Gasteiger charge is 2.28. The molecule has 1 fully saturated rings. The zero-order valence-corrected chi connectivity index (χ0v) is 16.1. The minimum absolute atomic E-state index is 0.0305. The molecule has 1 unspecified atom stereocenters. The van der Waals surface area contributed by atoms with Crippen molar-refractivity contribution in [2.24, 2.45) is 0 Å². The lowest BCUT2D eigenvalue weighted by Crippen LogP contribution is -2.41. The third kappa shape index (κ3) is 3.50. The van der Waals surface area contributed by atoms with Gasteiger partial charge in [-0.1, -0.05) is 6.07 Å². The number of aromatic nitrogens is 1. The fourth-order valence-corrected chi connectivity index (χ4v) is 3.88. The predicted molar refractivity (Wildman–Crippen MR) is 109 cm³/mol. The second-order valence-corrected chi connectivity index (χ2v) is 7.33. The van der Waals surface area contributed by atoms with Crippen LogP contribution in [0, 0.1) is 13.8 Å². The summed E-state index contributed by atoms with van der Waals surface area (Å²) in [6.07, 6.45) is 6.60. The number of urea groups is 1. The monoisotopic (exact) mass is 377 g/mol. The van der Waals surface area contributed by atoms with Crippen molar-refractivity contribution in [3.8, 4) is 0 Å². The molecule has 0 bridgehead atoms. The molecule has 3 aromatic rings. The van der Waals surface area contributed by atoms with Crippen molar-refractivity contribution >= 4 is 22.7 Å². The molecule has 6 nitrogen and oxygen atoms in total. The predicted octanol–water partition coefficient (Wildman–Crippen LogP) is 4.56. The minimum Gasteiger partial charge on any atom is -0.423 e. The van der Waals surface area contributed by atoms with Gasteiger partial charge in [0.15, 0.2) is 0 Å². The highest BCUT2D eigenvalue weighted by molar-refractivity contribution is 5.94. The molecule has 4 rings (SSSR count). The number of anilines is 1. The summed E-state index contributed by atoms with van der Waals surface area (Å²) in [7, 11) is 0. The third-order valence-corrected chi connectivity index (χ3v) is 5.37. The SMILES string of the molecule is Cc1cc2oc(=O)cc(C)c2cc1NC(=O)N1CCCCC1c1cccnc1. The van der Waals surface area contributed by atoms with E-state index in [4.69, 9.17) is 4.42 Å². The van der Waals surface area contributed by atoms with Gasteiger partial charge in [-0.2, -0.15) is 0 Å². The maximum atomic E-state index is 13.1. The number of rotatable bonds is 2. The number of aryl methyl sites for hydroxylation is 2. The normalized spacial score (nSPS) is 16.9. The number of hydrogen-bond donors (Lipinski definition) is 1. The molecule has 2 aromatic heterocycles. The van der Waals surface area contributed by atoms with Crippen LogP contribution in [0.5, 0.6) is 0 Å². The summed E-state index contributed by atoms with van der Waals surface area (Å²) in [5.41, 5.74) is 3.63. The van der Waals surface area contributed by atoms with E-state index in [0.29, 0.717) is 12.1 Å². The number of piperidine rings is 1. The molecule has 0 spiro atoms. The smallest absolute Gasteiger partial charge is 0.336 e. The Labute approximate surface area is 163 Å². The van der Waals surface area contributed by atoms with E-state index in [1.54, 1.807) is 12.3 Å². The number of nitrogens with one attached hydrogen (secondary N) is 1. The van der Waals surface area contributed by atoms with E-state index >= 15 is 0 Å². The summed E-state index contributed by atoms with van der Waals surface area (Å²) in [4.78, 5) is 30.8. The van der Waals surface area contributed by atoms with E-state index in [2.05, 4.69) is 10.3 Å². The number of carbonyl (C=O) groups excluding carboxylic acids is 1. The van der Waals surface area contributed by atoms with Gasteiger partial charge in [0.1, 0.15) is 5.58 Å². The number of amides is 2. The lowest BCUT2D eigenvalue weighted by Gasteiger charge is -2.36. The van der Waals surface area contributed by atoms with Gasteiger partial charge in [-0.05, 0) is 68.0 Å². The summed E-state index contributed by atoms with van der Waals surface area (Å²) in [6, 6.07) is 8.98. The van der Waals surface area contributed by atoms with E-state index in [9.17, 15) is 9.59 Å². The number of fused-ring (bicyclic) bond motifs is 1. The van der Waals surface area contributed by atoms with E-state index in [-0.39, 0.29) is 17.7 Å². The number of pyridine rings is 1. The standard InChI is InChI=1S/C22H23N3O3/c1-14-11-21(26)28-20-10-15(2)18(12-17(14)20)24-22(27)25-9-4-3-7-19(25)16-6-5-8-23-13-16/h5-6,8,10-13,19H,3-4,7,9H2,1-2H3,(H,24,27). The van der Waals surface area contributed by atoms with Crippen LogP contribution in [0.1, 0.15) is 42.0 Å². The number of hydrogen-bond acceptors (Lipinski definition) is 4. The van der Waals surface area contributed by atoms with Gasteiger partial charge < -0.3 is 14.6 Å². The van der Waals surface area contributed by atoms with Crippen LogP contribution in [-0.4, -0.2) is 22.5 Å². The summed E-state index contributed by atoms with van der Waals surface area (Å²) < 4.78 is 5.29. The molecule has 1 N–H and O–H groups in total. The van der Waals surface area contributed by atoms with Gasteiger partial charge in [-0.15, -0.1) is 0 Å². The zero-order valence-electron chi connectivity index (χ0n) is 16.1. The van der Waals surface area contributed by atoms with Crippen LogP contribution >= 0.6 is 0 Å². The molecule has 2 amide bonds. The molecule has 1 aromatic carbocycles. The second kappa shape index (κ2) is 7.46. The van der Waals surface area contributed by atoms with Crippen LogP contribution in [0.2, 0.25) is 0 Å². The van der Waals surface area contributed by atoms with Crippen molar-refractivity contribution in [2.45, 2.75) is 39.2 Å². The first-order chi connectivity index (χ1) is 13.5. The van der Waals surface area contributed by atoms with Gasteiger partial charge in [0.25, 0.3) is 0 Å². The first kappa shape index (κ1) is 18.2. The van der Waals surface area contributed by atoms with Gasteiger partial charge in [0.05, 0.1) is 6.04 Å². The molecule has 6 heteroatoms. The van der Waals surface area contributed by atoms with Gasteiger partial charge in [0, 0.05) is 36.1 Å². The Kier molecular flexibility index (Phi) is 4.86. The summed E-state index contributed by atoms with van der Waals surface area (Å²) in [6.45, 7) is 4.47. The zero-order chi connectivity index (χ0) is 19.7. The first-order valence-corrected chi connectivity index (χ1v) is 9.55. The Balaban J connectivity index is 1.63. The quantitative estimate of drug-likeness (QED) is 0.664. The van der Waals surface area contributed by atoms with Gasteiger partial charge in [-0.3, -0.25) is 4.98 Å². The van der Waals surface area contributed by atoms with E-state index in [0.717, 1.165) is 47.0 Å². The van der Waals surface area contributed by atoms with Gasteiger partial charge >= 0.3 is 11.7 Å². The molecule has 144 valence electrons. The molecule has 0 aliphatic carbocycles. The van der Waals surface area contributed by atoms with Crippen molar-refractivity contribution < 1.29 is 9.21 Å². The van der Waals surface area contributed by atoms with Crippen molar-refractivity contribution in [3.63, 3.8) is 0 Å². The Morgan fingerprint density at radius 3 is 2.86 bits per heavy atom. The molecular weight excluding hydrogens is 354 g/mol. The molecule has 28 heavy (non-hydrogen) atoms. The Morgan fingerprint density at radius 1 is 1.21 bits per heavy atom. The molecule has 1 atom stereocenters. The van der Waals surface area contributed by atoms with Crippen LogP contribution in [0.3, 0.4) is 0 Å². The first-order valence-electron chi connectivity index (χ1n) is 9.55. The largest absolute Gasteiger partial charge is 0.423 e. The molecule has 1 aliphatic rings. The highest BCUT2D eigenvalue weighted by atomic mass is 16.4. The number of nitrogens with zero attached hydrogens (tertiary/aromatic N) is 2. The molecule has 1 saturated heterocycles. The minimum atomic E-state index is -0.367. The highest BCUT2D eigenvalue weighted by Crippen LogP contribution is 2.32.